The Morgan fingerprint density at radius 3 is 2.61 bits per heavy atom. The molecule has 0 radical (unpaired) electrons. The second-order valence-corrected chi connectivity index (χ2v) is 4.66. The summed E-state index contributed by atoms with van der Waals surface area (Å²) in [7, 11) is 0. The van der Waals surface area contributed by atoms with Gasteiger partial charge >= 0.3 is 5.97 Å². The minimum Gasteiger partial charge on any atom is -0.481 e. The van der Waals surface area contributed by atoms with Gasteiger partial charge < -0.3 is 14.8 Å². The van der Waals surface area contributed by atoms with Crippen LogP contribution in [0.15, 0.2) is 16.7 Å². The maximum absolute atomic E-state index is 12.0. The highest BCUT2D eigenvalue weighted by Gasteiger charge is 2.18. The lowest BCUT2D eigenvalue weighted by Crippen LogP contribution is -2.33. The second kappa shape index (κ2) is 6.23. The Morgan fingerprint density at radius 1 is 1.39 bits per heavy atom. The van der Waals surface area contributed by atoms with Crippen molar-refractivity contribution in [2.24, 2.45) is 0 Å². The first kappa shape index (κ1) is 14.3. The zero-order valence-electron chi connectivity index (χ0n) is 10.9. The first-order chi connectivity index (χ1) is 8.41. The highest BCUT2D eigenvalue weighted by molar-refractivity contribution is 5.95. The fourth-order valence-electron chi connectivity index (χ4n) is 1.67. The van der Waals surface area contributed by atoms with E-state index < -0.39 is 5.97 Å². The zero-order chi connectivity index (χ0) is 13.7. The van der Waals surface area contributed by atoms with E-state index in [9.17, 15) is 9.59 Å². The molecule has 5 nitrogen and oxygen atoms in total. The Balaban J connectivity index is 2.59. The van der Waals surface area contributed by atoms with E-state index in [1.54, 1.807) is 13.0 Å². The van der Waals surface area contributed by atoms with Crippen molar-refractivity contribution in [2.75, 3.05) is 0 Å². The van der Waals surface area contributed by atoms with Crippen LogP contribution in [0, 0.1) is 0 Å². The highest BCUT2D eigenvalue weighted by atomic mass is 16.4. The number of carbonyl (C=O) groups is 2. The Hall–Kier alpha value is -1.78. The third-order valence-electron chi connectivity index (χ3n) is 2.63. The third kappa shape index (κ3) is 3.91. The van der Waals surface area contributed by atoms with Gasteiger partial charge in [-0.15, -0.1) is 0 Å². The van der Waals surface area contributed by atoms with Crippen LogP contribution in [0.25, 0.3) is 0 Å². The number of carboxylic acids is 1. The summed E-state index contributed by atoms with van der Waals surface area (Å²) in [6.45, 7) is 5.68. The van der Waals surface area contributed by atoms with Crippen molar-refractivity contribution in [3.8, 4) is 0 Å². The molecule has 0 saturated heterocycles. The maximum atomic E-state index is 12.0. The number of hydrogen-bond donors (Lipinski definition) is 2. The molecule has 100 valence electrons. The molecule has 0 aliphatic carbocycles. The normalized spacial score (nSPS) is 12.4. The predicted molar refractivity (Wildman–Crippen MR) is 66.6 cm³/mol. The highest BCUT2D eigenvalue weighted by Crippen LogP contribution is 2.20. The molecule has 1 amide bonds. The lowest BCUT2D eigenvalue weighted by molar-refractivity contribution is -0.137. The number of hydrogen-bond acceptors (Lipinski definition) is 3. The molecule has 1 heterocycles. The van der Waals surface area contributed by atoms with Crippen molar-refractivity contribution < 1.29 is 19.1 Å². The number of furan rings is 1. The molecule has 0 aliphatic rings. The van der Waals surface area contributed by atoms with E-state index in [4.69, 9.17) is 9.52 Å². The van der Waals surface area contributed by atoms with Gasteiger partial charge in [-0.25, -0.2) is 0 Å². The standard InChI is InChI=1S/C13H19NO4/c1-8(2)12-10(6-7-18-12)13(17)14-9(3)4-5-11(15)16/h6-9H,4-5H2,1-3H3,(H,14,17)(H,15,16). The number of amides is 1. The summed E-state index contributed by atoms with van der Waals surface area (Å²) in [5.74, 6) is -0.291. The lowest BCUT2D eigenvalue weighted by atomic mass is 10.1. The van der Waals surface area contributed by atoms with Gasteiger partial charge in [0.05, 0.1) is 11.8 Å². The first-order valence-electron chi connectivity index (χ1n) is 6.01. The van der Waals surface area contributed by atoms with Crippen LogP contribution in [-0.2, 0) is 4.79 Å². The monoisotopic (exact) mass is 253 g/mol. The van der Waals surface area contributed by atoms with Crippen molar-refractivity contribution in [1.29, 1.82) is 0 Å². The van der Waals surface area contributed by atoms with Crippen LogP contribution in [0.5, 0.6) is 0 Å². The Morgan fingerprint density at radius 2 is 2.06 bits per heavy atom. The molecule has 1 atom stereocenters. The average Bonchev–Trinajstić information content (AvgIpc) is 2.75. The molecule has 0 saturated carbocycles. The van der Waals surface area contributed by atoms with E-state index in [0.717, 1.165) is 0 Å². The lowest BCUT2D eigenvalue weighted by Gasteiger charge is -2.13. The number of aliphatic carboxylic acids is 1. The topological polar surface area (TPSA) is 79.5 Å². The van der Waals surface area contributed by atoms with Crippen molar-refractivity contribution >= 4 is 11.9 Å². The van der Waals surface area contributed by atoms with Crippen molar-refractivity contribution in [3.63, 3.8) is 0 Å². The van der Waals surface area contributed by atoms with Crippen LogP contribution in [0.2, 0.25) is 0 Å². The Kier molecular flexibility index (Phi) is 4.95. The molecular formula is C13H19NO4. The van der Waals surface area contributed by atoms with Gasteiger partial charge in [0.2, 0.25) is 0 Å². The van der Waals surface area contributed by atoms with Gasteiger partial charge in [0, 0.05) is 18.4 Å². The quantitative estimate of drug-likeness (QED) is 0.815. The molecule has 5 heteroatoms. The summed E-state index contributed by atoms with van der Waals surface area (Å²) in [5, 5.41) is 11.3. The van der Waals surface area contributed by atoms with Gasteiger partial charge in [-0.1, -0.05) is 13.8 Å². The van der Waals surface area contributed by atoms with E-state index in [1.807, 2.05) is 13.8 Å². The maximum Gasteiger partial charge on any atom is 0.303 e. The minimum absolute atomic E-state index is 0.0455. The SMILES string of the molecule is CC(CCC(=O)O)NC(=O)c1ccoc1C(C)C. The average molecular weight is 253 g/mol. The molecule has 2 N–H and O–H groups in total. The van der Waals surface area contributed by atoms with Gasteiger partial charge in [0.25, 0.3) is 5.91 Å². The molecule has 0 aliphatic heterocycles. The summed E-state index contributed by atoms with van der Waals surface area (Å²) >= 11 is 0. The zero-order valence-corrected chi connectivity index (χ0v) is 10.9. The van der Waals surface area contributed by atoms with Crippen LogP contribution < -0.4 is 5.32 Å². The Bertz CT molecular complexity index is 422. The molecule has 0 aromatic carbocycles. The van der Waals surface area contributed by atoms with Gasteiger partial charge in [0.15, 0.2) is 0 Å². The second-order valence-electron chi connectivity index (χ2n) is 4.66. The number of carboxylic acid groups (broad SMARTS) is 1. The van der Waals surface area contributed by atoms with Crippen molar-refractivity contribution in [3.05, 3.63) is 23.7 Å². The molecule has 0 bridgehead atoms. The largest absolute Gasteiger partial charge is 0.481 e. The minimum atomic E-state index is -0.859. The van der Waals surface area contributed by atoms with Crippen LogP contribution in [-0.4, -0.2) is 23.0 Å². The smallest absolute Gasteiger partial charge is 0.303 e. The fraction of sp³-hybridized carbons (Fsp3) is 0.538. The molecule has 1 unspecified atom stereocenters. The van der Waals surface area contributed by atoms with Crippen molar-refractivity contribution in [1.82, 2.24) is 5.32 Å². The summed E-state index contributed by atoms with van der Waals surface area (Å²) in [6, 6.07) is 1.46. The van der Waals surface area contributed by atoms with Crippen molar-refractivity contribution in [2.45, 2.75) is 45.6 Å². The number of rotatable bonds is 6. The van der Waals surface area contributed by atoms with Crippen LogP contribution in [0.4, 0.5) is 0 Å². The number of nitrogens with one attached hydrogen (secondary N) is 1. The van der Waals surface area contributed by atoms with E-state index in [0.29, 0.717) is 17.7 Å². The predicted octanol–water partition coefficient (Wildman–Crippen LogP) is 2.39. The molecule has 1 aromatic rings. The Labute approximate surface area is 106 Å². The van der Waals surface area contributed by atoms with Gasteiger partial charge in [-0.3, -0.25) is 9.59 Å². The third-order valence-corrected chi connectivity index (χ3v) is 2.63. The fourth-order valence-corrected chi connectivity index (χ4v) is 1.67. The molecule has 1 rings (SSSR count). The first-order valence-corrected chi connectivity index (χ1v) is 6.01. The van der Waals surface area contributed by atoms with E-state index in [2.05, 4.69) is 5.32 Å². The summed E-state index contributed by atoms with van der Waals surface area (Å²) in [4.78, 5) is 22.4. The van der Waals surface area contributed by atoms with E-state index in [1.165, 1.54) is 6.26 Å². The van der Waals surface area contributed by atoms with Gasteiger partial charge in [-0.2, -0.15) is 0 Å². The van der Waals surface area contributed by atoms with Gasteiger partial charge in [0.1, 0.15) is 5.76 Å². The molecule has 18 heavy (non-hydrogen) atoms. The molecule has 1 aromatic heterocycles. The summed E-state index contributed by atoms with van der Waals surface area (Å²) in [6.07, 6.45) is 1.95. The van der Waals surface area contributed by atoms with Crippen LogP contribution in [0.3, 0.4) is 0 Å². The van der Waals surface area contributed by atoms with E-state index >= 15 is 0 Å². The molecule has 0 spiro atoms. The molecule has 0 fully saturated rings. The van der Waals surface area contributed by atoms with Gasteiger partial charge in [-0.05, 0) is 19.4 Å². The van der Waals surface area contributed by atoms with Crippen LogP contribution >= 0.6 is 0 Å². The van der Waals surface area contributed by atoms with E-state index in [-0.39, 0.29) is 24.3 Å². The molecular weight excluding hydrogens is 234 g/mol. The van der Waals surface area contributed by atoms with Crippen LogP contribution in [0.1, 0.15) is 55.6 Å². The summed E-state index contributed by atoms with van der Waals surface area (Å²) < 4.78 is 5.27. The number of carbonyl (C=O) groups excluding carboxylic acids is 1. The summed E-state index contributed by atoms with van der Waals surface area (Å²) in [5.41, 5.74) is 0.521.